The van der Waals surface area contributed by atoms with E-state index in [1.54, 1.807) is 6.92 Å². The van der Waals surface area contributed by atoms with Crippen molar-refractivity contribution in [2.45, 2.75) is 39.7 Å². The number of carbonyl (C=O) groups is 2. The van der Waals surface area contributed by atoms with Crippen molar-refractivity contribution >= 4 is 11.9 Å². The van der Waals surface area contributed by atoms with E-state index in [-0.39, 0.29) is 24.7 Å². The Morgan fingerprint density at radius 1 is 1.16 bits per heavy atom. The van der Waals surface area contributed by atoms with Crippen LogP contribution in [0, 0.1) is 5.92 Å². The van der Waals surface area contributed by atoms with E-state index in [1.165, 1.54) is 5.56 Å². The summed E-state index contributed by atoms with van der Waals surface area (Å²) in [6.45, 7) is 4.35. The molecule has 1 unspecified atom stereocenters. The summed E-state index contributed by atoms with van der Waals surface area (Å²) < 4.78 is 0. The minimum absolute atomic E-state index is 0.0264. The number of aliphatic carboxylic acids is 1. The first kappa shape index (κ1) is 15.2. The molecule has 4 nitrogen and oxygen atoms in total. The average molecular weight is 263 g/mol. The lowest BCUT2D eigenvalue weighted by Crippen LogP contribution is -2.25. The number of carbonyl (C=O) groups excluding carboxylic acids is 1. The Kier molecular flexibility index (Phi) is 6.06. The Bertz CT molecular complexity index is 426. The van der Waals surface area contributed by atoms with Crippen molar-refractivity contribution in [2.75, 3.05) is 0 Å². The molecule has 19 heavy (non-hydrogen) atoms. The Balaban J connectivity index is 2.34. The van der Waals surface area contributed by atoms with Gasteiger partial charge < -0.3 is 10.4 Å². The van der Waals surface area contributed by atoms with Crippen LogP contribution in [0.3, 0.4) is 0 Å². The first-order valence-electron chi connectivity index (χ1n) is 6.57. The molecular formula is C15H21NO3. The molecule has 0 spiro atoms. The zero-order chi connectivity index (χ0) is 14.3. The third-order valence-electron chi connectivity index (χ3n) is 2.98. The molecule has 1 amide bonds. The van der Waals surface area contributed by atoms with Crippen LogP contribution in [-0.4, -0.2) is 17.0 Å². The minimum atomic E-state index is -0.865. The third-order valence-corrected chi connectivity index (χ3v) is 2.98. The van der Waals surface area contributed by atoms with Crippen LogP contribution in [0.4, 0.5) is 0 Å². The molecule has 0 fully saturated rings. The molecule has 1 atom stereocenters. The van der Waals surface area contributed by atoms with Crippen molar-refractivity contribution in [1.29, 1.82) is 0 Å². The van der Waals surface area contributed by atoms with Crippen LogP contribution in [0.25, 0.3) is 0 Å². The van der Waals surface area contributed by atoms with Gasteiger partial charge in [-0.05, 0) is 23.5 Å². The van der Waals surface area contributed by atoms with Crippen molar-refractivity contribution < 1.29 is 14.7 Å². The van der Waals surface area contributed by atoms with Crippen molar-refractivity contribution in [3.8, 4) is 0 Å². The Morgan fingerprint density at radius 3 is 2.26 bits per heavy atom. The summed E-state index contributed by atoms with van der Waals surface area (Å²) in [5.41, 5.74) is 2.32. The number of carboxylic acid groups (broad SMARTS) is 1. The van der Waals surface area contributed by atoms with Gasteiger partial charge >= 0.3 is 5.97 Å². The predicted molar refractivity (Wildman–Crippen MR) is 73.7 cm³/mol. The molecule has 0 saturated heterocycles. The molecule has 0 saturated carbocycles. The van der Waals surface area contributed by atoms with Crippen molar-refractivity contribution in [1.82, 2.24) is 5.32 Å². The molecule has 0 radical (unpaired) electrons. The van der Waals surface area contributed by atoms with Crippen LogP contribution in [0.2, 0.25) is 0 Å². The lowest BCUT2D eigenvalue weighted by molar-refractivity contribution is -0.138. The predicted octanol–water partition coefficient (Wildman–Crippen LogP) is 2.37. The van der Waals surface area contributed by atoms with Gasteiger partial charge in [-0.15, -0.1) is 0 Å². The number of hydrogen-bond donors (Lipinski definition) is 2. The van der Waals surface area contributed by atoms with Crippen molar-refractivity contribution in [3.05, 3.63) is 35.4 Å². The maximum absolute atomic E-state index is 11.6. The van der Waals surface area contributed by atoms with E-state index in [9.17, 15) is 9.59 Å². The Hall–Kier alpha value is -1.84. The Morgan fingerprint density at radius 2 is 1.74 bits per heavy atom. The number of aryl methyl sites for hydroxylation is 1. The number of carboxylic acids is 1. The van der Waals surface area contributed by atoms with Gasteiger partial charge in [0.15, 0.2) is 0 Å². The van der Waals surface area contributed by atoms with Gasteiger partial charge in [0.05, 0.1) is 0 Å². The van der Waals surface area contributed by atoms with Crippen LogP contribution < -0.4 is 5.32 Å². The molecule has 0 bridgehead atoms. The van der Waals surface area contributed by atoms with Crippen LogP contribution >= 0.6 is 0 Å². The summed E-state index contributed by atoms with van der Waals surface area (Å²) in [5.74, 6) is -1.11. The van der Waals surface area contributed by atoms with E-state index < -0.39 is 5.97 Å². The zero-order valence-corrected chi connectivity index (χ0v) is 11.5. The second-order valence-electron chi connectivity index (χ2n) is 4.85. The number of nitrogens with one attached hydrogen (secondary N) is 1. The highest BCUT2D eigenvalue weighted by Crippen LogP contribution is 2.08. The van der Waals surface area contributed by atoms with Gasteiger partial charge in [0.1, 0.15) is 0 Å². The maximum atomic E-state index is 11.6. The number of hydrogen-bond acceptors (Lipinski definition) is 2. The van der Waals surface area contributed by atoms with Crippen LogP contribution in [-0.2, 0) is 22.6 Å². The van der Waals surface area contributed by atoms with Gasteiger partial charge in [-0.25, -0.2) is 0 Å². The topological polar surface area (TPSA) is 66.4 Å². The summed E-state index contributed by atoms with van der Waals surface area (Å²) in [6.07, 6.45) is 1.28. The molecule has 2 N–H and O–H groups in total. The van der Waals surface area contributed by atoms with Gasteiger partial charge in [-0.1, -0.05) is 38.1 Å². The first-order valence-corrected chi connectivity index (χ1v) is 6.57. The molecule has 1 aromatic rings. The zero-order valence-electron chi connectivity index (χ0n) is 11.5. The fourth-order valence-corrected chi connectivity index (χ4v) is 1.85. The standard InChI is InChI=1S/C15H21NO3/c1-3-12-4-6-13(7-5-12)10-16-14(17)8-11(2)9-15(18)19/h4-7,11H,3,8-10H2,1-2H3,(H,16,17)(H,18,19). The molecule has 0 aliphatic carbocycles. The van der Waals surface area contributed by atoms with Gasteiger partial charge in [0.25, 0.3) is 0 Å². The van der Waals surface area contributed by atoms with Gasteiger partial charge in [-0.2, -0.15) is 0 Å². The molecule has 1 aromatic carbocycles. The summed E-state index contributed by atoms with van der Waals surface area (Å²) in [7, 11) is 0. The smallest absolute Gasteiger partial charge is 0.303 e. The molecule has 4 heteroatoms. The largest absolute Gasteiger partial charge is 0.481 e. The SMILES string of the molecule is CCc1ccc(CNC(=O)CC(C)CC(=O)O)cc1. The second kappa shape index (κ2) is 7.56. The van der Waals surface area contributed by atoms with E-state index in [4.69, 9.17) is 5.11 Å². The molecule has 0 aliphatic rings. The molecule has 0 aliphatic heterocycles. The summed E-state index contributed by atoms with van der Waals surface area (Å²) >= 11 is 0. The summed E-state index contributed by atoms with van der Waals surface area (Å²) in [4.78, 5) is 22.1. The molecule has 0 aromatic heterocycles. The highest BCUT2D eigenvalue weighted by Gasteiger charge is 2.12. The van der Waals surface area contributed by atoms with E-state index >= 15 is 0 Å². The van der Waals surface area contributed by atoms with Crippen LogP contribution in [0.15, 0.2) is 24.3 Å². The number of benzene rings is 1. The maximum Gasteiger partial charge on any atom is 0.303 e. The van der Waals surface area contributed by atoms with Crippen molar-refractivity contribution in [2.24, 2.45) is 5.92 Å². The average Bonchev–Trinajstić information content (AvgIpc) is 2.36. The normalized spacial score (nSPS) is 11.9. The second-order valence-corrected chi connectivity index (χ2v) is 4.85. The van der Waals surface area contributed by atoms with Crippen molar-refractivity contribution in [3.63, 3.8) is 0 Å². The van der Waals surface area contributed by atoms with Gasteiger partial charge in [0.2, 0.25) is 5.91 Å². The molecular weight excluding hydrogens is 242 g/mol. The van der Waals surface area contributed by atoms with Crippen LogP contribution in [0.1, 0.15) is 37.8 Å². The summed E-state index contributed by atoms with van der Waals surface area (Å²) in [5, 5.41) is 11.4. The third kappa shape index (κ3) is 6.04. The van der Waals surface area contributed by atoms with E-state index in [0.29, 0.717) is 6.54 Å². The lowest BCUT2D eigenvalue weighted by Gasteiger charge is -2.09. The summed E-state index contributed by atoms with van der Waals surface area (Å²) in [6, 6.07) is 8.10. The van der Waals surface area contributed by atoms with E-state index in [2.05, 4.69) is 24.4 Å². The van der Waals surface area contributed by atoms with Gasteiger partial charge in [0, 0.05) is 19.4 Å². The minimum Gasteiger partial charge on any atom is -0.481 e. The van der Waals surface area contributed by atoms with Gasteiger partial charge in [-0.3, -0.25) is 9.59 Å². The fourth-order valence-electron chi connectivity index (χ4n) is 1.85. The highest BCUT2D eigenvalue weighted by atomic mass is 16.4. The number of amides is 1. The Labute approximate surface area is 113 Å². The first-order chi connectivity index (χ1) is 9.01. The highest BCUT2D eigenvalue weighted by molar-refractivity contribution is 5.77. The number of rotatable bonds is 7. The van der Waals surface area contributed by atoms with E-state index in [1.807, 2.05) is 12.1 Å². The quantitative estimate of drug-likeness (QED) is 0.793. The molecule has 1 rings (SSSR count). The molecule has 104 valence electrons. The lowest BCUT2D eigenvalue weighted by atomic mass is 10.0. The van der Waals surface area contributed by atoms with E-state index in [0.717, 1.165) is 12.0 Å². The molecule has 0 heterocycles. The fraction of sp³-hybridized carbons (Fsp3) is 0.467. The monoisotopic (exact) mass is 263 g/mol. The van der Waals surface area contributed by atoms with Crippen LogP contribution in [0.5, 0.6) is 0 Å².